The maximum absolute atomic E-state index is 13.1. The molecule has 31 heavy (non-hydrogen) atoms. The van der Waals surface area contributed by atoms with Crippen LogP contribution in [0.3, 0.4) is 0 Å². The van der Waals surface area contributed by atoms with Crippen molar-refractivity contribution in [3.05, 3.63) is 66.5 Å². The molecule has 1 aromatic carbocycles. The molecule has 1 aliphatic rings. The first-order valence-corrected chi connectivity index (χ1v) is 10.2. The van der Waals surface area contributed by atoms with Crippen molar-refractivity contribution in [1.29, 1.82) is 0 Å². The monoisotopic (exact) mass is 417 g/mol. The van der Waals surface area contributed by atoms with Crippen molar-refractivity contribution >= 4 is 17.5 Å². The van der Waals surface area contributed by atoms with Crippen LogP contribution in [0, 0.1) is 0 Å². The molecule has 7 nitrogen and oxygen atoms in total. The zero-order chi connectivity index (χ0) is 22.0. The molecular weight excluding hydrogens is 390 g/mol. The van der Waals surface area contributed by atoms with E-state index in [4.69, 9.17) is 9.72 Å². The molecule has 4 rings (SSSR count). The summed E-state index contributed by atoms with van der Waals surface area (Å²) in [6.45, 7) is 5.14. The molecule has 0 fully saturated rings. The van der Waals surface area contributed by atoms with Gasteiger partial charge in [0.15, 0.2) is 11.6 Å². The lowest BCUT2D eigenvalue weighted by Crippen LogP contribution is -2.51. The number of aromatic nitrogens is 2. The van der Waals surface area contributed by atoms with E-state index in [1.165, 1.54) is 5.56 Å². The molecular formula is C24H27N5O2. The number of hydrogen-bond acceptors (Lipinski definition) is 5. The van der Waals surface area contributed by atoms with E-state index in [1.807, 2.05) is 52.2 Å². The summed E-state index contributed by atoms with van der Waals surface area (Å²) in [6.07, 6.45) is 3.28. The fourth-order valence-electron chi connectivity index (χ4n) is 3.64. The average Bonchev–Trinajstić information content (AvgIpc) is 2.72. The van der Waals surface area contributed by atoms with Gasteiger partial charge >= 0.3 is 6.03 Å². The van der Waals surface area contributed by atoms with Crippen molar-refractivity contribution in [2.24, 2.45) is 0 Å². The standard InChI is InChI=1S/C24H27N5O2/c1-24(2)16-29(23(30)26-19-9-6-12-25-14-19)22-21(31-24)11-10-20(27-22)18-8-5-7-17(13-18)15-28(3)4/h5-14H,15-16H2,1-4H3,(H,26,30). The van der Waals surface area contributed by atoms with Crippen molar-refractivity contribution in [3.8, 4) is 17.0 Å². The van der Waals surface area contributed by atoms with E-state index in [9.17, 15) is 4.79 Å². The number of rotatable bonds is 4. The van der Waals surface area contributed by atoms with Crippen LogP contribution >= 0.6 is 0 Å². The Morgan fingerprint density at radius 2 is 2.03 bits per heavy atom. The number of nitrogens with zero attached hydrogens (tertiary/aromatic N) is 4. The van der Waals surface area contributed by atoms with Gasteiger partial charge in [0.1, 0.15) is 5.60 Å². The molecule has 0 saturated carbocycles. The van der Waals surface area contributed by atoms with E-state index in [0.717, 1.165) is 17.8 Å². The summed E-state index contributed by atoms with van der Waals surface area (Å²) >= 11 is 0. The molecule has 0 atom stereocenters. The SMILES string of the molecule is CN(C)Cc1cccc(-c2ccc3c(n2)N(C(=O)Nc2cccnc2)CC(C)(C)O3)c1. The molecule has 0 aliphatic carbocycles. The van der Waals surface area contributed by atoms with Crippen LogP contribution in [0.15, 0.2) is 60.9 Å². The maximum Gasteiger partial charge on any atom is 0.327 e. The highest BCUT2D eigenvalue weighted by Crippen LogP contribution is 2.37. The summed E-state index contributed by atoms with van der Waals surface area (Å²) in [5.41, 5.74) is 3.09. The van der Waals surface area contributed by atoms with Gasteiger partial charge in [-0.2, -0.15) is 0 Å². The maximum atomic E-state index is 13.1. The molecule has 3 aromatic rings. The molecule has 0 unspecified atom stereocenters. The predicted octanol–water partition coefficient (Wildman–Crippen LogP) is 4.41. The average molecular weight is 418 g/mol. The summed E-state index contributed by atoms with van der Waals surface area (Å²) in [7, 11) is 4.09. The summed E-state index contributed by atoms with van der Waals surface area (Å²) in [5, 5.41) is 2.90. The highest BCUT2D eigenvalue weighted by molar-refractivity contribution is 6.02. The highest BCUT2D eigenvalue weighted by Gasteiger charge is 2.36. The number of ether oxygens (including phenoxy) is 1. The lowest BCUT2D eigenvalue weighted by Gasteiger charge is -2.38. The molecule has 2 amide bonds. The first-order valence-electron chi connectivity index (χ1n) is 10.2. The third-order valence-corrected chi connectivity index (χ3v) is 4.90. The smallest absolute Gasteiger partial charge is 0.327 e. The minimum atomic E-state index is -0.534. The quantitative estimate of drug-likeness (QED) is 0.681. The second-order valence-electron chi connectivity index (χ2n) is 8.58. The number of carbonyl (C=O) groups is 1. The van der Waals surface area contributed by atoms with Crippen molar-refractivity contribution < 1.29 is 9.53 Å². The van der Waals surface area contributed by atoms with Gasteiger partial charge in [0.05, 0.1) is 24.1 Å². The van der Waals surface area contributed by atoms with Crippen LogP contribution in [0.4, 0.5) is 16.3 Å². The number of nitrogens with one attached hydrogen (secondary N) is 1. The van der Waals surface area contributed by atoms with Crippen LogP contribution in [0.2, 0.25) is 0 Å². The van der Waals surface area contributed by atoms with E-state index in [2.05, 4.69) is 27.3 Å². The van der Waals surface area contributed by atoms with Crippen molar-refractivity contribution in [3.63, 3.8) is 0 Å². The van der Waals surface area contributed by atoms with Crippen LogP contribution in [-0.2, 0) is 6.54 Å². The second-order valence-corrected chi connectivity index (χ2v) is 8.58. The van der Waals surface area contributed by atoms with Crippen molar-refractivity contribution in [1.82, 2.24) is 14.9 Å². The Hall–Kier alpha value is -3.45. The lowest BCUT2D eigenvalue weighted by molar-refractivity contribution is 0.106. The number of urea groups is 1. The molecule has 0 spiro atoms. The molecule has 7 heteroatoms. The van der Waals surface area contributed by atoms with E-state index in [-0.39, 0.29) is 6.03 Å². The molecule has 2 aromatic heterocycles. The molecule has 160 valence electrons. The summed E-state index contributed by atoms with van der Waals surface area (Å²) in [4.78, 5) is 25.8. The lowest BCUT2D eigenvalue weighted by atomic mass is 10.0. The number of fused-ring (bicyclic) bond motifs is 1. The minimum Gasteiger partial charge on any atom is -0.482 e. The van der Waals surface area contributed by atoms with E-state index < -0.39 is 5.60 Å². The zero-order valence-corrected chi connectivity index (χ0v) is 18.3. The third kappa shape index (κ3) is 4.83. The van der Waals surface area contributed by atoms with Gasteiger partial charge in [0.2, 0.25) is 0 Å². The van der Waals surface area contributed by atoms with Crippen molar-refractivity contribution in [2.75, 3.05) is 30.9 Å². The first kappa shape index (κ1) is 20.8. The number of hydrogen-bond donors (Lipinski definition) is 1. The van der Waals surface area contributed by atoms with E-state index >= 15 is 0 Å². The minimum absolute atomic E-state index is 0.267. The fourth-order valence-corrected chi connectivity index (χ4v) is 3.64. The summed E-state index contributed by atoms with van der Waals surface area (Å²) in [5.74, 6) is 1.10. The number of carbonyl (C=O) groups excluding carboxylic acids is 1. The van der Waals surface area contributed by atoms with Gasteiger partial charge in [-0.05, 0) is 63.8 Å². The van der Waals surface area contributed by atoms with E-state index in [1.54, 1.807) is 29.4 Å². The highest BCUT2D eigenvalue weighted by atomic mass is 16.5. The van der Waals surface area contributed by atoms with Crippen LogP contribution in [0.25, 0.3) is 11.3 Å². The summed E-state index contributed by atoms with van der Waals surface area (Å²) < 4.78 is 6.11. The predicted molar refractivity (Wildman–Crippen MR) is 122 cm³/mol. The molecule has 0 bridgehead atoms. The number of benzene rings is 1. The van der Waals surface area contributed by atoms with E-state index in [0.29, 0.717) is 23.8 Å². The van der Waals surface area contributed by atoms with Gasteiger partial charge in [-0.3, -0.25) is 9.88 Å². The summed E-state index contributed by atoms with van der Waals surface area (Å²) in [6, 6.07) is 15.4. The Bertz CT molecular complexity index is 1080. The van der Waals surface area contributed by atoms with Crippen LogP contribution in [0.5, 0.6) is 5.75 Å². The molecule has 1 N–H and O–H groups in total. The Labute approximate surface area is 182 Å². The van der Waals surface area contributed by atoms with Gasteiger partial charge in [0, 0.05) is 18.3 Å². The molecule has 1 aliphatic heterocycles. The van der Waals surface area contributed by atoms with Gasteiger partial charge in [-0.25, -0.2) is 9.78 Å². The first-order chi connectivity index (χ1) is 14.8. The fraction of sp³-hybridized carbons (Fsp3) is 0.292. The third-order valence-electron chi connectivity index (χ3n) is 4.90. The van der Waals surface area contributed by atoms with Gasteiger partial charge < -0.3 is 15.0 Å². The zero-order valence-electron chi connectivity index (χ0n) is 18.3. The van der Waals surface area contributed by atoms with Crippen LogP contribution in [0.1, 0.15) is 19.4 Å². The Morgan fingerprint density at radius 3 is 2.77 bits per heavy atom. The Balaban J connectivity index is 1.68. The van der Waals surface area contributed by atoms with Gasteiger partial charge in [-0.1, -0.05) is 18.2 Å². The number of pyridine rings is 2. The molecule has 0 radical (unpaired) electrons. The topological polar surface area (TPSA) is 70.6 Å². The largest absolute Gasteiger partial charge is 0.482 e. The Kier molecular flexibility index (Phi) is 5.61. The number of amides is 2. The van der Waals surface area contributed by atoms with Gasteiger partial charge in [-0.15, -0.1) is 0 Å². The second kappa shape index (κ2) is 8.35. The normalized spacial score (nSPS) is 14.7. The van der Waals surface area contributed by atoms with Crippen LogP contribution in [-0.4, -0.2) is 47.1 Å². The Morgan fingerprint density at radius 1 is 1.19 bits per heavy atom. The number of anilines is 2. The van der Waals surface area contributed by atoms with Gasteiger partial charge in [0.25, 0.3) is 0 Å². The van der Waals surface area contributed by atoms with Crippen molar-refractivity contribution in [2.45, 2.75) is 26.0 Å². The molecule has 3 heterocycles. The van der Waals surface area contributed by atoms with Crippen LogP contribution < -0.4 is 15.0 Å². The molecule has 0 saturated heterocycles.